The lowest BCUT2D eigenvalue weighted by atomic mass is 9.87. The van der Waals surface area contributed by atoms with E-state index >= 15 is 0 Å². The molecule has 0 saturated carbocycles. The number of nitrogens with one attached hydrogen (secondary N) is 1. The minimum atomic E-state index is -4.52. The maximum absolute atomic E-state index is 13.7. The number of carboxylic acid groups (broad SMARTS) is 1. The number of hydrogen-bond donors (Lipinski definition) is 3. The number of rotatable bonds is 7. The number of amides is 1. The van der Waals surface area contributed by atoms with Crippen molar-refractivity contribution in [1.82, 2.24) is 14.9 Å². The van der Waals surface area contributed by atoms with Crippen LogP contribution in [0.4, 0.5) is 13.2 Å². The highest BCUT2D eigenvalue weighted by molar-refractivity contribution is 5.97. The van der Waals surface area contributed by atoms with Crippen LogP contribution in [-0.4, -0.2) is 38.2 Å². The summed E-state index contributed by atoms with van der Waals surface area (Å²) in [6.07, 6.45) is -4.52. The van der Waals surface area contributed by atoms with Gasteiger partial charge in [0.2, 0.25) is 5.88 Å². The molecule has 218 valence electrons. The summed E-state index contributed by atoms with van der Waals surface area (Å²) in [4.78, 5) is 41.6. The van der Waals surface area contributed by atoms with Crippen LogP contribution in [-0.2, 0) is 22.9 Å². The van der Waals surface area contributed by atoms with Gasteiger partial charge in [-0.25, -0.2) is 0 Å². The van der Waals surface area contributed by atoms with E-state index in [1.54, 1.807) is 24.3 Å². The van der Waals surface area contributed by atoms with Gasteiger partial charge in [0.1, 0.15) is 12.4 Å². The zero-order valence-electron chi connectivity index (χ0n) is 23.0. The topological polar surface area (TPSA) is 122 Å². The summed E-state index contributed by atoms with van der Waals surface area (Å²) < 4.78 is 40.7. The molecule has 0 unspecified atom stereocenters. The average Bonchev–Trinajstić information content (AvgIpc) is 2.92. The predicted molar refractivity (Wildman–Crippen MR) is 150 cm³/mol. The lowest BCUT2D eigenvalue weighted by Gasteiger charge is -2.20. The molecular weight excluding hydrogens is 551 g/mol. The van der Waals surface area contributed by atoms with Crippen molar-refractivity contribution >= 4 is 11.9 Å². The molecule has 0 bridgehead atoms. The van der Waals surface area contributed by atoms with E-state index in [9.17, 15) is 32.7 Å². The van der Waals surface area contributed by atoms with E-state index in [4.69, 9.17) is 5.11 Å². The smallest absolute Gasteiger partial charge is 0.416 e. The first kappa shape index (κ1) is 30.0. The van der Waals surface area contributed by atoms with Crippen molar-refractivity contribution in [3.63, 3.8) is 0 Å². The van der Waals surface area contributed by atoms with Gasteiger partial charge >= 0.3 is 12.1 Å². The summed E-state index contributed by atoms with van der Waals surface area (Å²) in [6, 6.07) is 18.5. The van der Waals surface area contributed by atoms with Crippen LogP contribution >= 0.6 is 0 Å². The molecule has 1 amide bonds. The summed E-state index contributed by atoms with van der Waals surface area (Å²) in [6.45, 7) is 5.29. The first-order valence-corrected chi connectivity index (χ1v) is 12.9. The summed E-state index contributed by atoms with van der Waals surface area (Å²) >= 11 is 0. The quantitative estimate of drug-likeness (QED) is 0.267. The Kier molecular flexibility index (Phi) is 8.24. The average molecular weight is 580 g/mol. The van der Waals surface area contributed by atoms with Gasteiger partial charge in [-0.15, -0.1) is 0 Å². The van der Waals surface area contributed by atoms with Gasteiger partial charge in [0.15, 0.2) is 5.56 Å². The monoisotopic (exact) mass is 579 g/mol. The summed E-state index contributed by atoms with van der Waals surface area (Å²) in [5.41, 5.74) is 0.235. The standard InChI is InChI=1S/C31H28F3N3O5/c1-30(2,3)20-12-8-18(9-13-20)17-37-26(36-28(41)25(29(37)42)27(40)35-16-24(38)39)23-7-5-4-6-22(23)19-10-14-21(15-11-19)31(32,33)34/h4-15,41H,16-17H2,1-3H3,(H,35,40)(H,38,39). The molecule has 11 heteroatoms. The molecule has 1 aromatic heterocycles. The van der Waals surface area contributed by atoms with Crippen LogP contribution in [0.5, 0.6) is 5.88 Å². The molecule has 0 fully saturated rings. The van der Waals surface area contributed by atoms with Gasteiger partial charge in [-0.2, -0.15) is 18.2 Å². The molecule has 3 aromatic carbocycles. The van der Waals surface area contributed by atoms with E-state index < -0.39 is 47.2 Å². The van der Waals surface area contributed by atoms with E-state index in [1.807, 2.05) is 24.3 Å². The molecule has 0 aliphatic rings. The Morgan fingerprint density at radius 2 is 1.45 bits per heavy atom. The zero-order chi connectivity index (χ0) is 30.8. The van der Waals surface area contributed by atoms with Crippen LogP contribution in [0.15, 0.2) is 77.6 Å². The van der Waals surface area contributed by atoms with E-state index in [0.29, 0.717) is 22.3 Å². The molecule has 0 aliphatic heterocycles. The number of aromatic nitrogens is 2. The summed E-state index contributed by atoms with van der Waals surface area (Å²) in [7, 11) is 0. The number of hydrogen-bond acceptors (Lipinski definition) is 5. The van der Waals surface area contributed by atoms with E-state index in [1.165, 1.54) is 16.7 Å². The third-order valence-corrected chi connectivity index (χ3v) is 6.63. The van der Waals surface area contributed by atoms with Gasteiger partial charge in [0, 0.05) is 5.56 Å². The highest BCUT2D eigenvalue weighted by atomic mass is 19.4. The van der Waals surface area contributed by atoms with E-state index in [-0.39, 0.29) is 17.8 Å². The van der Waals surface area contributed by atoms with Gasteiger partial charge < -0.3 is 15.5 Å². The van der Waals surface area contributed by atoms with Crippen LogP contribution in [0.3, 0.4) is 0 Å². The fourth-order valence-corrected chi connectivity index (χ4v) is 4.40. The maximum atomic E-state index is 13.7. The molecular formula is C31H28F3N3O5. The SMILES string of the molecule is CC(C)(C)c1ccc(Cn2c(-c3ccccc3-c3ccc(C(F)(F)F)cc3)nc(O)c(C(=O)NCC(=O)O)c2=O)cc1. The van der Waals surface area contributed by atoms with Gasteiger partial charge in [-0.05, 0) is 39.8 Å². The number of alkyl halides is 3. The van der Waals surface area contributed by atoms with Gasteiger partial charge in [-0.1, -0.05) is 81.4 Å². The predicted octanol–water partition coefficient (Wildman–Crippen LogP) is 5.46. The number of carbonyl (C=O) groups excluding carboxylic acids is 1. The fourth-order valence-electron chi connectivity index (χ4n) is 4.40. The lowest BCUT2D eigenvalue weighted by molar-refractivity contribution is -0.137. The Morgan fingerprint density at radius 3 is 2.00 bits per heavy atom. The molecule has 1 heterocycles. The number of nitrogens with zero attached hydrogens (tertiary/aromatic N) is 2. The summed E-state index contributed by atoms with van der Waals surface area (Å²) in [5.74, 6) is -3.42. The molecule has 4 aromatic rings. The molecule has 0 spiro atoms. The van der Waals surface area contributed by atoms with E-state index in [2.05, 4.69) is 31.1 Å². The number of benzene rings is 3. The van der Waals surface area contributed by atoms with Gasteiger partial charge in [-0.3, -0.25) is 19.0 Å². The Labute approximate surface area is 239 Å². The minimum absolute atomic E-state index is 0.0392. The van der Waals surface area contributed by atoms with Crippen molar-refractivity contribution in [2.75, 3.05) is 6.54 Å². The number of aliphatic carboxylic acids is 1. The maximum Gasteiger partial charge on any atom is 0.416 e. The first-order valence-electron chi connectivity index (χ1n) is 12.9. The minimum Gasteiger partial charge on any atom is -0.493 e. The number of carbonyl (C=O) groups is 2. The van der Waals surface area contributed by atoms with Crippen molar-refractivity contribution < 1.29 is 33.0 Å². The third kappa shape index (κ3) is 6.51. The van der Waals surface area contributed by atoms with Crippen LogP contribution in [0.1, 0.15) is 47.8 Å². The second-order valence-corrected chi connectivity index (χ2v) is 10.7. The molecule has 42 heavy (non-hydrogen) atoms. The van der Waals surface area contributed by atoms with Gasteiger partial charge in [0.05, 0.1) is 12.1 Å². The Bertz CT molecular complexity index is 1690. The Morgan fingerprint density at radius 1 is 0.881 bits per heavy atom. The number of aromatic hydroxyl groups is 1. The van der Waals surface area contributed by atoms with E-state index in [0.717, 1.165) is 17.7 Å². The lowest BCUT2D eigenvalue weighted by Crippen LogP contribution is -2.37. The largest absolute Gasteiger partial charge is 0.493 e. The molecule has 3 N–H and O–H groups in total. The van der Waals surface area contributed by atoms with Crippen molar-refractivity contribution in [3.8, 4) is 28.4 Å². The highest BCUT2D eigenvalue weighted by Gasteiger charge is 2.30. The molecule has 0 saturated heterocycles. The van der Waals surface area contributed by atoms with Crippen molar-refractivity contribution in [3.05, 3.63) is 105 Å². The highest BCUT2D eigenvalue weighted by Crippen LogP contribution is 2.35. The first-order chi connectivity index (χ1) is 19.7. The zero-order valence-corrected chi connectivity index (χ0v) is 23.0. The van der Waals surface area contributed by atoms with Crippen LogP contribution in [0.2, 0.25) is 0 Å². The van der Waals surface area contributed by atoms with Crippen molar-refractivity contribution in [2.24, 2.45) is 0 Å². The van der Waals surface area contributed by atoms with Crippen LogP contribution in [0.25, 0.3) is 22.5 Å². The summed E-state index contributed by atoms with van der Waals surface area (Å²) in [5, 5.41) is 21.7. The molecule has 0 aliphatic carbocycles. The van der Waals surface area contributed by atoms with Crippen molar-refractivity contribution in [1.29, 1.82) is 0 Å². The Hall–Kier alpha value is -4.93. The molecule has 4 rings (SSSR count). The Balaban J connectivity index is 1.89. The van der Waals surface area contributed by atoms with Crippen molar-refractivity contribution in [2.45, 2.75) is 38.9 Å². The number of carboxylic acids is 1. The fraction of sp³-hybridized carbons (Fsp3) is 0.226. The number of halogens is 3. The molecule has 0 atom stereocenters. The van der Waals surface area contributed by atoms with Crippen LogP contribution in [0, 0.1) is 0 Å². The molecule has 0 radical (unpaired) electrons. The molecule has 8 nitrogen and oxygen atoms in total. The normalized spacial score (nSPS) is 11.8. The second-order valence-electron chi connectivity index (χ2n) is 10.7. The third-order valence-electron chi connectivity index (χ3n) is 6.63. The van der Waals surface area contributed by atoms with Crippen LogP contribution < -0.4 is 10.9 Å². The second kappa shape index (κ2) is 11.5. The van der Waals surface area contributed by atoms with Gasteiger partial charge in [0.25, 0.3) is 11.5 Å².